The second-order valence-corrected chi connectivity index (χ2v) is 5.67. The monoisotopic (exact) mass is 271 g/mol. The zero-order valence-corrected chi connectivity index (χ0v) is 11.3. The summed E-state index contributed by atoms with van der Waals surface area (Å²) < 4.78 is 0. The van der Waals surface area contributed by atoms with Gasteiger partial charge in [0.1, 0.15) is 5.69 Å². The van der Waals surface area contributed by atoms with E-state index in [1.165, 1.54) is 0 Å². The summed E-state index contributed by atoms with van der Waals surface area (Å²) >= 11 is 0. The average Bonchev–Trinajstić information content (AvgIpc) is 3.02. The first kappa shape index (κ1) is 12.7. The van der Waals surface area contributed by atoms with Crippen LogP contribution in [-0.4, -0.2) is 34.8 Å². The molecule has 0 radical (unpaired) electrons. The lowest BCUT2D eigenvalue weighted by Gasteiger charge is -2.20. The number of nitrogens with two attached hydrogens (primary N) is 1. The summed E-state index contributed by atoms with van der Waals surface area (Å²) in [6, 6.07) is 9.60. The predicted molar refractivity (Wildman–Crippen MR) is 76.1 cm³/mol. The van der Waals surface area contributed by atoms with Crippen LogP contribution in [0.25, 0.3) is 10.9 Å². The van der Waals surface area contributed by atoms with E-state index >= 15 is 0 Å². The first-order chi connectivity index (χ1) is 9.49. The van der Waals surface area contributed by atoms with Crippen LogP contribution in [0.5, 0.6) is 0 Å². The molecule has 0 saturated carbocycles. The number of primary amides is 1. The molecule has 2 heterocycles. The summed E-state index contributed by atoms with van der Waals surface area (Å²) in [7, 11) is 0. The van der Waals surface area contributed by atoms with Crippen LogP contribution in [0.4, 0.5) is 0 Å². The molecule has 5 nitrogen and oxygen atoms in total. The topological polar surface area (TPSA) is 79.2 Å². The Bertz CT molecular complexity index is 658. The van der Waals surface area contributed by atoms with Gasteiger partial charge in [-0.05, 0) is 25.5 Å². The Morgan fingerprint density at radius 2 is 2.10 bits per heavy atom. The first-order valence-electron chi connectivity index (χ1n) is 6.66. The molecule has 5 heteroatoms. The van der Waals surface area contributed by atoms with Gasteiger partial charge >= 0.3 is 0 Å². The highest BCUT2D eigenvalue weighted by Crippen LogP contribution is 2.30. The standard InChI is InChI=1S/C15H17N3O2/c1-15(14(16)20)6-7-18(9-15)13(19)12-8-10-4-2-3-5-11(10)17-12/h2-5,8,17H,6-7,9H2,1H3,(H2,16,20). The fourth-order valence-electron chi connectivity index (χ4n) is 2.69. The number of benzene rings is 1. The molecule has 1 aromatic carbocycles. The van der Waals surface area contributed by atoms with Crippen molar-refractivity contribution in [2.24, 2.45) is 11.1 Å². The minimum atomic E-state index is -0.609. The fraction of sp³-hybridized carbons (Fsp3) is 0.333. The number of rotatable bonds is 2. The molecule has 3 rings (SSSR count). The number of likely N-dealkylation sites (tertiary alicyclic amines) is 1. The van der Waals surface area contributed by atoms with Crippen LogP contribution in [0.15, 0.2) is 30.3 Å². The van der Waals surface area contributed by atoms with Crippen molar-refractivity contribution in [1.29, 1.82) is 0 Å². The molecule has 0 aliphatic carbocycles. The van der Waals surface area contributed by atoms with Crippen molar-refractivity contribution in [3.05, 3.63) is 36.0 Å². The van der Waals surface area contributed by atoms with E-state index in [0.29, 0.717) is 25.2 Å². The van der Waals surface area contributed by atoms with Crippen LogP contribution in [0, 0.1) is 5.41 Å². The van der Waals surface area contributed by atoms with Gasteiger partial charge in [0.15, 0.2) is 0 Å². The number of aromatic amines is 1. The molecule has 20 heavy (non-hydrogen) atoms. The van der Waals surface area contributed by atoms with E-state index in [9.17, 15) is 9.59 Å². The predicted octanol–water partition coefficient (Wildman–Crippen LogP) is 1.51. The number of nitrogens with zero attached hydrogens (tertiary/aromatic N) is 1. The molecule has 0 bridgehead atoms. The Balaban J connectivity index is 1.85. The van der Waals surface area contributed by atoms with Crippen molar-refractivity contribution in [3.63, 3.8) is 0 Å². The van der Waals surface area contributed by atoms with Gasteiger partial charge in [-0.25, -0.2) is 0 Å². The molecule has 3 N–H and O–H groups in total. The van der Waals surface area contributed by atoms with E-state index in [4.69, 9.17) is 5.73 Å². The number of aromatic nitrogens is 1. The summed E-state index contributed by atoms with van der Waals surface area (Å²) in [4.78, 5) is 28.7. The van der Waals surface area contributed by atoms with Gasteiger partial charge in [-0.3, -0.25) is 9.59 Å². The summed E-state index contributed by atoms with van der Waals surface area (Å²) in [6.07, 6.45) is 0.619. The summed E-state index contributed by atoms with van der Waals surface area (Å²) in [6.45, 7) is 2.76. The van der Waals surface area contributed by atoms with Gasteiger partial charge in [0.25, 0.3) is 5.91 Å². The van der Waals surface area contributed by atoms with Gasteiger partial charge in [-0.1, -0.05) is 18.2 Å². The maximum atomic E-state index is 12.5. The third kappa shape index (κ3) is 1.95. The zero-order valence-electron chi connectivity index (χ0n) is 11.3. The highest BCUT2D eigenvalue weighted by molar-refractivity contribution is 5.98. The highest BCUT2D eigenvalue weighted by Gasteiger charge is 2.41. The zero-order chi connectivity index (χ0) is 14.3. The summed E-state index contributed by atoms with van der Waals surface area (Å²) in [5.41, 5.74) is 6.29. The lowest BCUT2D eigenvalue weighted by Crippen LogP contribution is -2.38. The number of carbonyl (C=O) groups is 2. The third-order valence-corrected chi connectivity index (χ3v) is 4.12. The van der Waals surface area contributed by atoms with Crippen LogP contribution >= 0.6 is 0 Å². The maximum absolute atomic E-state index is 12.5. The molecule has 2 aromatic rings. The van der Waals surface area contributed by atoms with Crippen molar-refractivity contribution < 1.29 is 9.59 Å². The first-order valence-corrected chi connectivity index (χ1v) is 6.66. The summed E-state index contributed by atoms with van der Waals surface area (Å²) in [5.74, 6) is -0.421. The average molecular weight is 271 g/mol. The van der Waals surface area contributed by atoms with Gasteiger partial charge in [0.2, 0.25) is 5.91 Å². The van der Waals surface area contributed by atoms with Crippen LogP contribution in [0.3, 0.4) is 0 Å². The molecule has 1 aliphatic heterocycles. The van der Waals surface area contributed by atoms with E-state index in [1.807, 2.05) is 37.3 Å². The SMILES string of the molecule is CC1(C(N)=O)CCN(C(=O)c2cc3ccccc3[nH]2)C1. The molecule has 1 atom stereocenters. The third-order valence-electron chi connectivity index (χ3n) is 4.12. The molecule has 0 spiro atoms. The Morgan fingerprint density at radius 3 is 2.75 bits per heavy atom. The Kier molecular flexibility index (Phi) is 2.78. The lowest BCUT2D eigenvalue weighted by molar-refractivity contribution is -0.126. The van der Waals surface area contributed by atoms with Crippen molar-refractivity contribution >= 4 is 22.7 Å². The quantitative estimate of drug-likeness (QED) is 0.868. The van der Waals surface area contributed by atoms with Crippen molar-refractivity contribution in [3.8, 4) is 0 Å². The van der Waals surface area contributed by atoms with E-state index in [1.54, 1.807) is 4.90 Å². The number of carbonyl (C=O) groups excluding carboxylic acids is 2. The smallest absolute Gasteiger partial charge is 0.270 e. The largest absolute Gasteiger partial charge is 0.369 e. The molecule has 1 fully saturated rings. The molecular formula is C15H17N3O2. The van der Waals surface area contributed by atoms with Gasteiger partial charge in [0.05, 0.1) is 5.41 Å². The number of para-hydroxylation sites is 1. The molecule has 104 valence electrons. The molecule has 1 aliphatic rings. The van der Waals surface area contributed by atoms with Crippen LogP contribution in [0.2, 0.25) is 0 Å². The lowest BCUT2D eigenvalue weighted by atomic mass is 9.89. The molecule has 1 unspecified atom stereocenters. The van der Waals surface area contributed by atoms with Crippen molar-refractivity contribution in [2.75, 3.05) is 13.1 Å². The van der Waals surface area contributed by atoms with E-state index in [0.717, 1.165) is 10.9 Å². The Labute approximate surface area is 116 Å². The van der Waals surface area contributed by atoms with Crippen molar-refractivity contribution in [2.45, 2.75) is 13.3 Å². The van der Waals surface area contributed by atoms with E-state index in [2.05, 4.69) is 4.98 Å². The Hall–Kier alpha value is -2.30. The number of H-pyrrole nitrogens is 1. The normalized spacial score (nSPS) is 22.4. The number of fused-ring (bicyclic) bond motifs is 1. The summed E-state index contributed by atoms with van der Waals surface area (Å²) in [5, 5.41) is 1.01. The Morgan fingerprint density at radius 1 is 1.35 bits per heavy atom. The highest BCUT2D eigenvalue weighted by atomic mass is 16.2. The number of amides is 2. The second-order valence-electron chi connectivity index (χ2n) is 5.67. The van der Waals surface area contributed by atoms with Gasteiger partial charge in [-0.2, -0.15) is 0 Å². The van der Waals surface area contributed by atoms with Crippen LogP contribution < -0.4 is 5.73 Å². The van der Waals surface area contributed by atoms with Crippen molar-refractivity contribution in [1.82, 2.24) is 9.88 Å². The second kappa shape index (κ2) is 4.37. The molecule has 1 aromatic heterocycles. The van der Waals surface area contributed by atoms with Gasteiger partial charge in [0, 0.05) is 24.0 Å². The maximum Gasteiger partial charge on any atom is 0.270 e. The van der Waals surface area contributed by atoms with E-state index < -0.39 is 5.41 Å². The minimum Gasteiger partial charge on any atom is -0.369 e. The van der Waals surface area contributed by atoms with E-state index in [-0.39, 0.29) is 11.8 Å². The molecule has 1 saturated heterocycles. The number of nitrogens with one attached hydrogen (secondary N) is 1. The van der Waals surface area contributed by atoms with Gasteiger partial charge in [-0.15, -0.1) is 0 Å². The minimum absolute atomic E-state index is 0.0776. The van der Waals surface area contributed by atoms with Crippen LogP contribution in [-0.2, 0) is 4.79 Å². The van der Waals surface area contributed by atoms with Crippen LogP contribution in [0.1, 0.15) is 23.8 Å². The van der Waals surface area contributed by atoms with Gasteiger partial charge < -0.3 is 15.6 Å². The fourth-order valence-corrected chi connectivity index (χ4v) is 2.69. The molecule has 2 amide bonds. The number of hydrogen-bond donors (Lipinski definition) is 2. The number of hydrogen-bond acceptors (Lipinski definition) is 2. The molecular weight excluding hydrogens is 254 g/mol.